The third-order valence-corrected chi connectivity index (χ3v) is 4.82. The van der Waals surface area contributed by atoms with Crippen LogP contribution >= 0.6 is 0 Å². The van der Waals surface area contributed by atoms with Crippen molar-refractivity contribution >= 4 is 5.91 Å². The minimum Gasteiger partial charge on any atom is -0.494 e. The van der Waals surface area contributed by atoms with Crippen LogP contribution in [0.3, 0.4) is 0 Å². The Morgan fingerprint density at radius 1 is 0.968 bits per heavy atom. The second-order valence-electron chi connectivity index (χ2n) is 7.35. The highest BCUT2D eigenvalue weighted by Gasteiger charge is 2.10. The van der Waals surface area contributed by atoms with E-state index in [9.17, 15) is 14.4 Å². The predicted octanol–water partition coefficient (Wildman–Crippen LogP) is 2.34. The van der Waals surface area contributed by atoms with Gasteiger partial charge in [-0.25, -0.2) is 4.79 Å². The lowest BCUT2D eigenvalue weighted by Gasteiger charge is -2.11. The third-order valence-electron chi connectivity index (χ3n) is 4.82. The average Bonchev–Trinajstić information content (AvgIpc) is 2.77. The maximum atomic E-state index is 12.6. The minimum atomic E-state index is -0.502. The third kappa shape index (κ3) is 6.70. The van der Waals surface area contributed by atoms with Crippen LogP contribution in [0.5, 0.6) is 5.75 Å². The molecule has 0 radical (unpaired) electrons. The molecule has 0 spiro atoms. The maximum absolute atomic E-state index is 12.6. The fourth-order valence-corrected chi connectivity index (χ4v) is 3.08. The fourth-order valence-electron chi connectivity index (χ4n) is 3.08. The van der Waals surface area contributed by atoms with Crippen LogP contribution in [0.25, 0.3) is 0 Å². The highest BCUT2D eigenvalue weighted by atomic mass is 16.5. The molecule has 1 N–H and O–H groups in total. The summed E-state index contributed by atoms with van der Waals surface area (Å²) in [5, 5.41) is 2.76. The Morgan fingerprint density at radius 2 is 1.71 bits per heavy atom. The summed E-state index contributed by atoms with van der Waals surface area (Å²) in [6.45, 7) is 3.07. The summed E-state index contributed by atoms with van der Waals surface area (Å²) < 4.78 is 8.04. The van der Waals surface area contributed by atoms with Crippen LogP contribution in [0.15, 0.2) is 76.4 Å². The molecule has 0 aliphatic heterocycles. The largest absolute Gasteiger partial charge is 0.494 e. The molecule has 0 atom stereocenters. The van der Waals surface area contributed by atoms with E-state index in [2.05, 4.69) is 5.32 Å². The molecule has 0 fully saturated rings. The van der Waals surface area contributed by atoms with Crippen molar-refractivity contribution in [3.8, 4) is 5.75 Å². The normalized spacial score (nSPS) is 10.6. The molecule has 3 aromatic rings. The summed E-state index contributed by atoms with van der Waals surface area (Å²) in [6, 6.07) is 18.6. The van der Waals surface area contributed by atoms with Gasteiger partial charge in [0.2, 0.25) is 5.91 Å². The molecule has 0 bridgehead atoms. The van der Waals surface area contributed by atoms with Gasteiger partial charge in [0.15, 0.2) is 0 Å². The monoisotopic (exact) mass is 421 g/mol. The molecular weight excluding hydrogens is 394 g/mol. The topological polar surface area (TPSA) is 82.3 Å². The van der Waals surface area contributed by atoms with Gasteiger partial charge in [0.1, 0.15) is 12.3 Å². The number of rotatable bonds is 10. The van der Waals surface area contributed by atoms with E-state index in [0.717, 1.165) is 28.7 Å². The Kier molecular flexibility index (Phi) is 7.81. The average molecular weight is 421 g/mol. The first-order valence-electron chi connectivity index (χ1n) is 10.3. The van der Waals surface area contributed by atoms with E-state index in [1.165, 1.54) is 22.4 Å². The number of aromatic nitrogens is 2. The van der Waals surface area contributed by atoms with E-state index in [-0.39, 0.29) is 12.5 Å². The van der Waals surface area contributed by atoms with Crippen LogP contribution in [0.4, 0.5) is 0 Å². The number of carbonyl (C=O) groups is 1. The number of aryl methyl sites for hydroxylation is 1. The van der Waals surface area contributed by atoms with Crippen molar-refractivity contribution in [1.82, 2.24) is 14.5 Å². The Morgan fingerprint density at radius 3 is 2.45 bits per heavy atom. The number of carbonyl (C=O) groups excluding carboxylic acids is 1. The molecule has 0 saturated carbocycles. The number of unbranched alkanes of at least 4 members (excludes halogenated alkanes) is 1. The molecule has 3 rings (SSSR count). The van der Waals surface area contributed by atoms with Crippen molar-refractivity contribution in [3.63, 3.8) is 0 Å². The van der Waals surface area contributed by atoms with E-state index >= 15 is 0 Å². The lowest BCUT2D eigenvalue weighted by Crippen LogP contribution is -2.43. The van der Waals surface area contributed by atoms with E-state index in [4.69, 9.17) is 4.74 Å². The van der Waals surface area contributed by atoms with Crippen molar-refractivity contribution < 1.29 is 9.53 Å². The van der Waals surface area contributed by atoms with Gasteiger partial charge in [0, 0.05) is 18.8 Å². The van der Waals surface area contributed by atoms with Crippen molar-refractivity contribution in [1.29, 1.82) is 0 Å². The number of hydrogen-bond acceptors (Lipinski definition) is 4. The lowest BCUT2D eigenvalue weighted by molar-refractivity contribution is -0.121. The molecule has 7 heteroatoms. The number of amides is 1. The standard InChI is InChI=1S/C24H27N3O4/c1-19-9-11-21(12-10-19)31-16-6-5-14-25-22(28)18-27-23(29)13-15-26(24(27)30)17-20-7-3-2-4-8-20/h2-4,7-13,15H,5-6,14,16-18H2,1H3,(H,25,28). The van der Waals surface area contributed by atoms with Gasteiger partial charge < -0.3 is 10.1 Å². The van der Waals surface area contributed by atoms with Gasteiger partial charge in [-0.15, -0.1) is 0 Å². The summed E-state index contributed by atoms with van der Waals surface area (Å²) in [6.07, 6.45) is 2.98. The molecule has 162 valence electrons. The summed E-state index contributed by atoms with van der Waals surface area (Å²) >= 11 is 0. The molecule has 0 saturated heterocycles. The van der Waals surface area contributed by atoms with Crippen molar-refractivity contribution in [3.05, 3.63) is 98.8 Å². The number of benzene rings is 2. The highest BCUT2D eigenvalue weighted by molar-refractivity contribution is 5.75. The molecule has 0 unspecified atom stereocenters. The van der Waals surface area contributed by atoms with Crippen LogP contribution in [0, 0.1) is 6.92 Å². The Labute approximate surface area is 180 Å². The highest BCUT2D eigenvalue weighted by Crippen LogP contribution is 2.11. The van der Waals surface area contributed by atoms with Gasteiger partial charge in [0.25, 0.3) is 5.56 Å². The van der Waals surface area contributed by atoms with Gasteiger partial charge in [-0.2, -0.15) is 0 Å². The van der Waals surface area contributed by atoms with Crippen molar-refractivity contribution in [2.45, 2.75) is 32.9 Å². The van der Waals surface area contributed by atoms with E-state index in [1.54, 1.807) is 0 Å². The van der Waals surface area contributed by atoms with E-state index in [1.807, 2.05) is 61.5 Å². The lowest BCUT2D eigenvalue weighted by atomic mass is 10.2. The van der Waals surface area contributed by atoms with Gasteiger partial charge >= 0.3 is 5.69 Å². The van der Waals surface area contributed by atoms with Crippen LogP contribution in [0.2, 0.25) is 0 Å². The molecule has 2 aromatic carbocycles. The Hall–Kier alpha value is -3.61. The SMILES string of the molecule is Cc1ccc(OCCCCNC(=O)Cn2c(=O)ccn(Cc3ccccc3)c2=O)cc1. The smallest absolute Gasteiger partial charge is 0.331 e. The Balaban J connectivity index is 1.45. The van der Waals surface area contributed by atoms with Crippen LogP contribution in [0.1, 0.15) is 24.0 Å². The van der Waals surface area contributed by atoms with Crippen molar-refractivity contribution in [2.75, 3.05) is 13.2 Å². The quantitative estimate of drug-likeness (QED) is 0.510. The number of ether oxygens (including phenoxy) is 1. The molecule has 1 aromatic heterocycles. The minimum absolute atomic E-state index is 0.298. The van der Waals surface area contributed by atoms with Crippen LogP contribution in [-0.4, -0.2) is 28.2 Å². The molecular formula is C24H27N3O4. The second-order valence-corrected chi connectivity index (χ2v) is 7.35. The summed E-state index contributed by atoms with van der Waals surface area (Å²) in [7, 11) is 0. The zero-order chi connectivity index (χ0) is 22.1. The zero-order valence-corrected chi connectivity index (χ0v) is 17.6. The van der Waals surface area contributed by atoms with Crippen molar-refractivity contribution in [2.24, 2.45) is 0 Å². The molecule has 7 nitrogen and oxygen atoms in total. The molecule has 0 aliphatic carbocycles. The first-order chi connectivity index (χ1) is 15.0. The van der Waals surface area contributed by atoms with E-state index in [0.29, 0.717) is 19.7 Å². The fraction of sp³-hybridized carbons (Fsp3) is 0.292. The zero-order valence-electron chi connectivity index (χ0n) is 17.6. The number of nitrogens with zero attached hydrogens (tertiary/aromatic N) is 2. The first-order valence-corrected chi connectivity index (χ1v) is 10.3. The molecule has 1 heterocycles. The van der Waals surface area contributed by atoms with Crippen LogP contribution in [-0.2, 0) is 17.9 Å². The molecule has 1 amide bonds. The summed E-state index contributed by atoms with van der Waals surface area (Å²) in [5.41, 5.74) is 1.13. The first kappa shape index (κ1) is 22.1. The second kappa shape index (κ2) is 11.0. The van der Waals surface area contributed by atoms with E-state index < -0.39 is 11.2 Å². The number of hydrogen-bond donors (Lipinski definition) is 1. The predicted molar refractivity (Wildman–Crippen MR) is 119 cm³/mol. The molecule has 31 heavy (non-hydrogen) atoms. The van der Waals surface area contributed by atoms with Gasteiger partial charge in [-0.05, 0) is 37.5 Å². The number of nitrogens with one attached hydrogen (secondary N) is 1. The summed E-state index contributed by atoms with van der Waals surface area (Å²) in [5.74, 6) is 0.459. The van der Waals surface area contributed by atoms with Gasteiger partial charge in [0.05, 0.1) is 13.2 Å². The Bertz CT molecular complexity index is 1100. The summed E-state index contributed by atoms with van der Waals surface area (Å²) in [4.78, 5) is 37.0. The van der Waals surface area contributed by atoms with Gasteiger partial charge in [-0.1, -0.05) is 48.0 Å². The van der Waals surface area contributed by atoms with Gasteiger partial charge in [-0.3, -0.25) is 18.7 Å². The maximum Gasteiger partial charge on any atom is 0.331 e. The molecule has 0 aliphatic rings. The van der Waals surface area contributed by atoms with Crippen LogP contribution < -0.4 is 21.3 Å².